The molecule has 2 N–H and O–H groups in total. The summed E-state index contributed by atoms with van der Waals surface area (Å²) in [6.07, 6.45) is 2.72. The van der Waals surface area contributed by atoms with Crippen LogP contribution in [-0.2, 0) is 0 Å². The van der Waals surface area contributed by atoms with E-state index < -0.39 is 0 Å². The molecule has 18 heavy (non-hydrogen) atoms. The third-order valence-corrected chi connectivity index (χ3v) is 4.23. The molecule has 0 bridgehead atoms. The van der Waals surface area contributed by atoms with E-state index >= 15 is 0 Å². The van der Waals surface area contributed by atoms with Crippen molar-refractivity contribution in [3.63, 3.8) is 0 Å². The first-order valence-electron chi connectivity index (χ1n) is 6.16. The molecule has 1 heterocycles. The van der Waals surface area contributed by atoms with Crippen molar-refractivity contribution in [2.24, 2.45) is 0 Å². The van der Waals surface area contributed by atoms with Gasteiger partial charge in [-0.3, -0.25) is 0 Å². The van der Waals surface area contributed by atoms with E-state index in [4.69, 9.17) is 0 Å². The van der Waals surface area contributed by atoms with Gasteiger partial charge in [0.25, 0.3) is 0 Å². The number of nitrogens with one attached hydrogen (secondary N) is 1. The molecule has 0 unspecified atom stereocenters. The Bertz CT molecular complexity index is 514. The van der Waals surface area contributed by atoms with Crippen LogP contribution in [0.1, 0.15) is 30.2 Å². The van der Waals surface area contributed by atoms with Crippen LogP contribution in [0.15, 0.2) is 30.3 Å². The highest BCUT2D eigenvalue weighted by Crippen LogP contribution is 2.37. The van der Waals surface area contributed by atoms with E-state index in [1.54, 1.807) is 0 Å². The zero-order chi connectivity index (χ0) is 12.4. The van der Waals surface area contributed by atoms with Crippen molar-refractivity contribution in [2.45, 2.75) is 31.3 Å². The zero-order valence-electron chi connectivity index (χ0n) is 9.91. The second-order valence-corrected chi connectivity index (χ2v) is 5.55. The summed E-state index contributed by atoms with van der Waals surface area (Å²) < 4.78 is 0. The summed E-state index contributed by atoms with van der Waals surface area (Å²) in [6, 6.07) is 9.92. The third kappa shape index (κ3) is 2.37. The molecule has 1 aliphatic carbocycles. The highest BCUT2D eigenvalue weighted by atomic mass is 32.1. The lowest BCUT2D eigenvalue weighted by molar-refractivity contribution is 0.163. The van der Waals surface area contributed by atoms with Gasteiger partial charge in [0, 0.05) is 11.6 Å². The third-order valence-electron chi connectivity index (χ3n) is 3.26. The van der Waals surface area contributed by atoms with Crippen LogP contribution in [0.2, 0.25) is 0 Å². The second kappa shape index (κ2) is 5.04. The van der Waals surface area contributed by atoms with E-state index in [-0.39, 0.29) is 12.0 Å². The van der Waals surface area contributed by atoms with Gasteiger partial charge in [0.05, 0.1) is 6.10 Å². The summed E-state index contributed by atoms with van der Waals surface area (Å²) >= 11 is 1.54. The summed E-state index contributed by atoms with van der Waals surface area (Å²) in [6.45, 7) is 0. The summed E-state index contributed by atoms with van der Waals surface area (Å²) in [5.74, 6) is 0.175. The minimum absolute atomic E-state index is 0.175. The summed E-state index contributed by atoms with van der Waals surface area (Å²) in [7, 11) is 0. The number of rotatable bonds is 3. The Morgan fingerprint density at radius 3 is 2.72 bits per heavy atom. The lowest BCUT2D eigenvalue weighted by atomic mass is 10.1. The molecule has 5 heteroatoms. The lowest BCUT2D eigenvalue weighted by Gasteiger charge is -2.09. The number of para-hydroxylation sites is 1. The van der Waals surface area contributed by atoms with E-state index in [1.165, 1.54) is 11.3 Å². The van der Waals surface area contributed by atoms with Crippen molar-refractivity contribution >= 4 is 22.2 Å². The lowest BCUT2D eigenvalue weighted by Crippen LogP contribution is -2.10. The van der Waals surface area contributed by atoms with Crippen molar-refractivity contribution in [3.8, 4) is 0 Å². The van der Waals surface area contributed by atoms with E-state index in [1.807, 2.05) is 30.3 Å². The Morgan fingerprint density at radius 2 is 2.00 bits per heavy atom. The van der Waals surface area contributed by atoms with Gasteiger partial charge in [-0.25, -0.2) is 0 Å². The van der Waals surface area contributed by atoms with Gasteiger partial charge in [-0.15, -0.1) is 10.2 Å². The van der Waals surface area contributed by atoms with Gasteiger partial charge in [0.2, 0.25) is 5.13 Å². The summed E-state index contributed by atoms with van der Waals surface area (Å²) in [5, 5.41) is 23.1. The molecule has 3 rings (SSSR count). The normalized spacial score (nSPS) is 23.2. The number of hydrogen-bond acceptors (Lipinski definition) is 5. The number of aliphatic hydroxyl groups is 1. The van der Waals surface area contributed by atoms with E-state index in [0.29, 0.717) is 0 Å². The predicted octanol–water partition coefficient (Wildman–Crippen LogP) is 2.91. The SMILES string of the molecule is O[C@@H]1CCC[C@@H]1c1nnc(Nc2ccccc2)s1. The highest BCUT2D eigenvalue weighted by molar-refractivity contribution is 7.15. The molecular weight excluding hydrogens is 246 g/mol. The fourth-order valence-electron chi connectivity index (χ4n) is 2.31. The largest absolute Gasteiger partial charge is 0.392 e. The Labute approximate surface area is 110 Å². The maximum atomic E-state index is 9.86. The Kier molecular flexibility index (Phi) is 3.25. The van der Waals surface area contributed by atoms with Gasteiger partial charge in [-0.2, -0.15) is 0 Å². The molecule has 2 atom stereocenters. The van der Waals surface area contributed by atoms with Crippen LogP contribution in [0.5, 0.6) is 0 Å². The maximum absolute atomic E-state index is 9.86. The minimum Gasteiger partial charge on any atom is -0.392 e. The van der Waals surface area contributed by atoms with Gasteiger partial charge in [0.1, 0.15) is 5.01 Å². The summed E-state index contributed by atoms with van der Waals surface area (Å²) in [4.78, 5) is 0. The van der Waals surface area contributed by atoms with Crippen LogP contribution in [0.25, 0.3) is 0 Å². The van der Waals surface area contributed by atoms with Crippen LogP contribution in [0.4, 0.5) is 10.8 Å². The topological polar surface area (TPSA) is 58.0 Å². The van der Waals surface area contributed by atoms with Crippen molar-refractivity contribution in [3.05, 3.63) is 35.3 Å². The maximum Gasteiger partial charge on any atom is 0.210 e. The van der Waals surface area contributed by atoms with Crippen molar-refractivity contribution in [1.82, 2.24) is 10.2 Å². The molecule has 0 aliphatic heterocycles. The standard InChI is InChI=1S/C13H15N3OS/c17-11-8-4-7-10(11)12-15-16-13(18-12)14-9-5-2-1-3-6-9/h1-3,5-6,10-11,17H,4,7-8H2,(H,14,16)/t10-,11+/m0/s1. The molecule has 1 saturated carbocycles. The molecule has 1 aliphatic rings. The molecule has 0 radical (unpaired) electrons. The molecule has 1 fully saturated rings. The van der Waals surface area contributed by atoms with Crippen LogP contribution in [-0.4, -0.2) is 21.4 Å². The van der Waals surface area contributed by atoms with Crippen molar-refractivity contribution in [2.75, 3.05) is 5.32 Å². The number of anilines is 2. The van der Waals surface area contributed by atoms with Crippen LogP contribution >= 0.6 is 11.3 Å². The quantitative estimate of drug-likeness (QED) is 0.892. The van der Waals surface area contributed by atoms with Gasteiger partial charge < -0.3 is 10.4 Å². The molecule has 4 nitrogen and oxygen atoms in total. The highest BCUT2D eigenvalue weighted by Gasteiger charge is 2.29. The van der Waals surface area contributed by atoms with E-state index in [9.17, 15) is 5.11 Å². The molecule has 0 amide bonds. The molecule has 1 aromatic carbocycles. The van der Waals surface area contributed by atoms with Crippen LogP contribution in [0.3, 0.4) is 0 Å². The monoisotopic (exact) mass is 261 g/mol. The Hall–Kier alpha value is -1.46. The Balaban J connectivity index is 1.74. The van der Waals surface area contributed by atoms with Crippen molar-refractivity contribution < 1.29 is 5.11 Å². The van der Waals surface area contributed by atoms with E-state index in [2.05, 4.69) is 15.5 Å². The van der Waals surface area contributed by atoms with Gasteiger partial charge in [-0.1, -0.05) is 36.0 Å². The van der Waals surface area contributed by atoms with Crippen LogP contribution < -0.4 is 5.32 Å². The fraction of sp³-hybridized carbons (Fsp3) is 0.385. The smallest absolute Gasteiger partial charge is 0.210 e. The number of nitrogens with zero attached hydrogens (tertiary/aromatic N) is 2. The van der Waals surface area contributed by atoms with E-state index in [0.717, 1.165) is 35.1 Å². The predicted molar refractivity (Wildman–Crippen MR) is 72.2 cm³/mol. The molecule has 0 saturated heterocycles. The molecular formula is C13H15N3OS. The van der Waals surface area contributed by atoms with Gasteiger partial charge >= 0.3 is 0 Å². The minimum atomic E-state index is -0.248. The first-order chi connectivity index (χ1) is 8.83. The number of aromatic nitrogens is 2. The van der Waals surface area contributed by atoms with Crippen LogP contribution in [0, 0.1) is 0 Å². The average Bonchev–Trinajstić information content (AvgIpc) is 2.99. The zero-order valence-corrected chi connectivity index (χ0v) is 10.7. The molecule has 2 aromatic rings. The number of benzene rings is 1. The van der Waals surface area contributed by atoms with Crippen molar-refractivity contribution in [1.29, 1.82) is 0 Å². The second-order valence-electron chi connectivity index (χ2n) is 4.54. The summed E-state index contributed by atoms with van der Waals surface area (Å²) in [5.41, 5.74) is 1.01. The molecule has 1 aromatic heterocycles. The molecule has 94 valence electrons. The average molecular weight is 261 g/mol. The molecule has 0 spiro atoms. The number of aliphatic hydroxyl groups excluding tert-OH is 1. The van der Waals surface area contributed by atoms with Gasteiger partial charge in [-0.05, 0) is 25.0 Å². The fourth-order valence-corrected chi connectivity index (χ4v) is 3.27. The Morgan fingerprint density at radius 1 is 1.17 bits per heavy atom. The van der Waals surface area contributed by atoms with Gasteiger partial charge in [0.15, 0.2) is 0 Å². The number of hydrogen-bond donors (Lipinski definition) is 2. The first kappa shape index (κ1) is 11.6. The first-order valence-corrected chi connectivity index (χ1v) is 6.98.